The highest BCUT2D eigenvalue weighted by Gasteiger charge is 2.18. The number of aromatic hydroxyl groups is 1. The van der Waals surface area contributed by atoms with Gasteiger partial charge in [-0.1, -0.05) is 6.42 Å². The van der Waals surface area contributed by atoms with Crippen molar-refractivity contribution >= 4 is 16.7 Å². The lowest BCUT2D eigenvalue weighted by atomic mass is 9.98. The van der Waals surface area contributed by atoms with Crippen molar-refractivity contribution in [2.45, 2.75) is 38.2 Å². The first-order valence-corrected chi connectivity index (χ1v) is 7.35. The van der Waals surface area contributed by atoms with Crippen LogP contribution >= 0.6 is 0 Å². The largest absolute Gasteiger partial charge is 0.505 e. The molecule has 1 saturated carbocycles. The molecule has 22 heavy (non-hydrogen) atoms. The molecule has 1 aliphatic carbocycles. The number of carbonyl (C=O) groups is 1. The lowest BCUT2D eigenvalue weighted by Gasteiger charge is -2.23. The van der Waals surface area contributed by atoms with Crippen LogP contribution in [-0.2, 0) is 0 Å². The summed E-state index contributed by atoms with van der Waals surface area (Å²) in [5, 5.41) is 19.5. The number of aromatic carboxylic acids is 1. The SMILES string of the molecule is O=C(O)c1[nH]c(=O)c2ccc(OC3CCCCC3)cc2c1O. The highest BCUT2D eigenvalue weighted by molar-refractivity contribution is 5.98. The number of aromatic nitrogens is 1. The Hall–Kier alpha value is -2.50. The van der Waals surface area contributed by atoms with Gasteiger partial charge in [-0.25, -0.2) is 4.79 Å². The molecule has 0 saturated heterocycles. The molecule has 1 aliphatic rings. The fraction of sp³-hybridized carbons (Fsp3) is 0.375. The van der Waals surface area contributed by atoms with E-state index in [1.165, 1.54) is 18.6 Å². The molecular formula is C16H17NO5. The number of carboxylic acids is 1. The standard InChI is InChI=1S/C16H17NO5/c18-14-12-8-10(22-9-4-2-1-3-5-9)6-7-11(12)15(19)17-13(14)16(20)21/h6-9,18H,1-5H2,(H,17,19)(H,20,21). The quantitative estimate of drug-likeness (QED) is 0.809. The minimum Gasteiger partial charge on any atom is -0.505 e. The summed E-state index contributed by atoms with van der Waals surface area (Å²) >= 11 is 0. The molecule has 1 fully saturated rings. The van der Waals surface area contributed by atoms with E-state index in [1.807, 2.05) is 0 Å². The molecule has 116 valence electrons. The number of ether oxygens (including phenoxy) is 1. The molecular weight excluding hydrogens is 286 g/mol. The fourth-order valence-electron chi connectivity index (χ4n) is 2.90. The van der Waals surface area contributed by atoms with Crippen molar-refractivity contribution < 1.29 is 19.7 Å². The van der Waals surface area contributed by atoms with Gasteiger partial charge in [0, 0.05) is 5.39 Å². The Morgan fingerprint density at radius 1 is 1.18 bits per heavy atom. The van der Waals surface area contributed by atoms with Gasteiger partial charge in [0.05, 0.1) is 11.5 Å². The van der Waals surface area contributed by atoms with Crippen LogP contribution in [0.25, 0.3) is 10.8 Å². The third-order valence-corrected chi connectivity index (χ3v) is 4.03. The Bertz CT molecular complexity index is 774. The first-order valence-electron chi connectivity index (χ1n) is 7.35. The maximum atomic E-state index is 11.9. The third kappa shape index (κ3) is 2.64. The van der Waals surface area contributed by atoms with Crippen molar-refractivity contribution in [1.29, 1.82) is 0 Å². The summed E-state index contributed by atoms with van der Waals surface area (Å²) in [5.74, 6) is -1.29. The number of nitrogens with one attached hydrogen (secondary N) is 1. The van der Waals surface area contributed by atoms with E-state index >= 15 is 0 Å². The number of carboxylic acid groups (broad SMARTS) is 1. The molecule has 1 aromatic carbocycles. The van der Waals surface area contributed by atoms with E-state index in [4.69, 9.17) is 9.84 Å². The normalized spacial score (nSPS) is 15.8. The zero-order valence-corrected chi connectivity index (χ0v) is 12.0. The predicted octanol–water partition coefficient (Wildman–Crippen LogP) is 2.64. The van der Waals surface area contributed by atoms with Crippen molar-refractivity contribution in [3.05, 3.63) is 34.2 Å². The summed E-state index contributed by atoms with van der Waals surface area (Å²) in [7, 11) is 0. The molecule has 0 aliphatic heterocycles. The third-order valence-electron chi connectivity index (χ3n) is 4.03. The van der Waals surface area contributed by atoms with Crippen LogP contribution in [0.15, 0.2) is 23.0 Å². The second-order valence-corrected chi connectivity index (χ2v) is 5.57. The van der Waals surface area contributed by atoms with E-state index in [2.05, 4.69) is 4.98 Å². The monoisotopic (exact) mass is 303 g/mol. The van der Waals surface area contributed by atoms with E-state index in [-0.39, 0.29) is 16.9 Å². The van der Waals surface area contributed by atoms with Gasteiger partial charge in [0.15, 0.2) is 11.4 Å². The summed E-state index contributed by atoms with van der Waals surface area (Å²) in [6.07, 6.45) is 5.59. The van der Waals surface area contributed by atoms with Gasteiger partial charge >= 0.3 is 5.97 Å². The van der Waals surface area contributed by atoms with Gasteiger partial charge in [-0.3, -0.25) is 4.79 Å². The Balaban J connectivity index is 2.02. The number of pyridine rings is 1. The number of rotatable bonds is 3. The number of H-pyrrole nitrogens is 1. The van der Waals surface area contributed by atoms with Crippen LogP contribution < -0.4 is 10.3 Å². The van der Waals surface area contributed by atoms with Gasteiger partial charge in [0.2, 0.25) is 0 Å². The fourth-order valence-corrected chi connectivity index (χ4v) is 2.90. The minimum atomic E-state index is -1.38. The second kappa shape index (κ2) is 5.71. The maximum Gasteiger partial charge on any atom is 0.356 e. The number of hydrogen-bond acceptors (Lipinski definition) is 4. The van der Waals surface area contributed by atoms with Crippen LogP contribution in [0.4, 0.5) is 0 Å². The van der Waals surface area contributed by atoms with Crippen molar-refractivity contribution in [2.75, 3.05) is 0 Å². The zero-order chi connectivity index (χ0) is 15.7. The van der Waals surface area contributed by atoms with Gasteiger partial charge in [-0.15, -0.1) is 0 Å². The Labute approximate surface area is 126 Å². The lowest BCUT2D eigenvalue weighted by Crippen LogP contribution is -2.19. The van der Waals surface area contributed by atoms with Crippen LogP contribution in [0.2, 0.25) is 0 Å². The summed E-state index contributed by atoms with van der Waals surface area (Å²) in [4.78, 5) is 25.1. The Kier molecular flexibility index (Phi) is 3.75. The average molecular weight is 303 g/mol. The number of benzene rings is 1. The molecule has 3 N–H and O–H groups in total. The zero-order valence-electron chi connectivity index (χ0n) is 12.0. The molecule has 2 aromatic rings. The van der Waals surface area contributed by atoms with Gasteiger partial charge < -0.3 is 19.9 Å². The van der Waals surface area contributed by atoms with E-state index in [0.29, 0.717) is 5.75 Å². The smallest absolute Gasteiger partial charge is 0.356 e. The predicted molar refractivity (Wildman–Crippen MR) is 80.7 cm³/mol. The Morgan fingerprint density at radius 2 is 1.91 bits per heavy atom. The van der Waals surface area contributed by atoms with Crippen LogP contribution in [0.1, 0.15) is 42.6 Å². The Morgan fingerprint density at radius 3 is 2.59 bits per heavy atom. The number of hydrogen-bond donors (Lipinski definition) is 3. The molecule has 3 rings (SSSR count). The van der Waals surface area contributed by atoms with E-state index in [9.17, 15) is 14.7 Å². The molecule has 1 heterocycles. The molecule has 0 unspecified atom stereocenters. The van der Waals surface area contributed by atoms with Crippen molar-refractivity contribution in [3.63, 3.8) is 0 Å². The first-order chi connectivity index (χ1) is 10.6. The lowest BCUT2D eigenvalue weighted by molar-refractivity contribution is 0.0687. The van der Waals surface area contributed by atoms with Crippen molar-refractivity contribution in [1.82, 2.24) is 4.98 Å². The molecule has 0 radical (unpaired) electrons. The van der Waals surface area contributed by atoms with Crippen molar-refractivity contribution in [3.8, 4) is 11.5 Å². The second-order valence-electron chi connectivity index (χ2n) is 5.57. The molecule has 0 atom stereocenters. The summed E-state index contributed by atoms with van der Waals surface area (Å²) < 4.78 is 5.89. The average Bonchev–Trinajstić information content (AvgIpc) is 2.51. The van der Waals surface area contributed by atoms with Crippen LogP contribution in [-0.4, -0.2) is 27.3 Å². The summed E-state index contributed by atoms with van der Waals surface area (Å²) in [5.41, 5.74) is -1.05. The first kappa shape index (κ1) is 14.4. The summed E-state index contributed by atoms with van der Waals surface area (Å²) in [6.45, 7) is 0. The molecule has 6 nitrogen and oxygen atoms in total. The number of aromatic amines is 1. The summed E-state index contributed by atoms with van der Waals surface area (Å²) in [6, 6.07) is 4.74. The van der Waals surface area contributed by atoms with E-state index in [1.54, 1.807) is 6.07 Å². The van der Waals surface area contributed by atoms with Crippen LogP contribution in [0, 0.1) is 0 Å². The maximum absolute atomic E-state index is 11.9. The number of fused-ring (bicyclic) bond motifs is 1. The van der Waals surface area contributed by atoms with Crippen LogP contribution in [0.3, 0.4) is 0 Å². The highest BCUT2D eigenvalue weighted by Crippen LogP contribution is 2.30. The minimum absolute atomic E-state index is 0.134. The van der Waals surface area contributed by atoms with E-state index in [0.717, 1.165) is 25.7 Å². The molecule has 6 heteroatoms. The molecule has 0 spiro atoms. The topological polar surface area (TPSA) is 99.6 Å². The van der Waals surface area contributed by atoms with Crippen molar-refractivity contribution in [2.24, 2.45) is 0 Å². The van der Waals surface area contributed by atoms with Gasteiger partial charge in [0.1, 0.15) is 5.75 Å². The molecule has 0 amide bonds. The van der Waals surface area contributed by atoms with E-state index < -0.39 is 23.0 Å². The molecule has 1 aromatic heterocycles. The van der Waals surface area contributed by atoms with Gasteiger partial charge in [-0.05, 0) is 43.9 Å². The van der Waals surface area contributed by atoms with Crippen LogP contribution in [0.5, 0.6) is 11.5 Å². The molecule has 0 bridgehead atoms. The van der Waals surface area contributed by atoms with Gasteiger partial charge in [0.25, 0.3) is 5.56 Å². The highest BCUT2D eigenvalue weighted by atomic mass is 16.5. The van der Waals surface area contributed by atoms with Gasteiger partial charge in [-0.2, -0.15) is 0 Å².